The molecule has 0 aliphatic carbocycles. The molecule has 0 saturated heterocycles. The average molecular weight is 276 g/mol. The van der Waals surface area contributed by atoms with Crippen molar-refractivity contribution in [1.29, 1.82) is 0 Å². The summed E-state index contributed by atoms with van der Waals surface area (Å²) >= 11 is 11.9. The molecule has 3 nitrogen and oxygen atoms in total. The van der Waals surface area contributed by atoms with Gasteiger partial charge in [0, 0.05) is 12.6 Å². The number of hydrogen-bond acceptors (Lipinski definition) is 2. The minimum absolute atomic E-state index is 0.0116. The molecule has 1 amide bonds. The van der Waals surface area contributed by atoms with Gasteiger partial charge in [0.15, 0.2) is 0 Å². The van der Waals surface area contributed by atoms with Gasteiger partial charge in [-0.15, -0.1) is 0 Å². The number of hydrogen-bond donors (Lipinski definition) is 2. The predicted molar refractivity (Wildman–Crippen MR) is 69.6 cm³/mol. The molecule has 1 aromatic carbocycles. The molecule has 2 unspecified atom stereocenters. The Hall–Kier alpha value is -0.770. The van der Waals surface area contributed by atoms with E-state index in [0.717, 1.165) is 0 Å². The second-order valence-corrected chi connectivity index (χ2v) is 4.83. The maximum Gasteiger partial charge on any atom is 0.254 e. The molecule has 17 heavy (non-hydrogen) atoms. The molecule has 0 radical (unpaired) electrons. The van der Waals surface area contributed by atoms with Crippen LogP contribution in [0.3, 0.4) is 0 Å². The first-order chi connectivity index (χ1) is 7.97. The van der Waals surface area contributed by atoms with Crippen LogP contribution < -0.4 is 5.32 Å². The van der Waals surface area contributed by atoms with Gasteiger partial charge in [-0.2, -0.15) is 0 Å². The first kappa shape index (κ1) is 14.3. The third-order valence-corrected chi connectivity index (χ3v) is 3.32. The van der Waals surface area contributed by atoms with Crippen molar-refractivity contribution in [3.63, 3.8) is 0 Å². The van der Waals surface area contributed by atoms with E-state index in [-0.39, 0.29) is 30.0 Å². The van der Waals surface area contributed by atoms with Gasteiger partial charge in [0.2, 0.25) is 0 Å². The zero-order valence-corrected chi connectivity index (χ0v) is 11.2. The summed E-state index contributed by atoms with van der Waals surface area (Å²) in [5.74, 6) is -0.353. The molecule has 2 atom stereocenters. The predicted octanol–water partition coefficient (Wildman–Crippen LogP) is 2.74. The zero-order chi connectivity index (χ0) is 13.0. The Morgan fingerprint density at radius 2 is 1.88 bits per heavy atom. The van der Waals surface area contributed by atoms with Crippen LogP contribution in [0.2, 0.25) is 10.0 Å². The summed E-state index contributed by atoms with van der Waals surface area (Å²) in [7, 11) is 0. The molecule has 94 valence electrons. The minimum atomic E-state index is -0.326. The maximum absolute atomic E-state index is 12.0. The standard InChI is InChI=1S/C12H15Cl2NO2/c1-7(6-16)8(2)15-12(17)11-9(13)4-3-5-10(11)14/h3-5,7-8,16H,6H2,1-2H3,(H,15,17). The number of carbonyl (C=O) groups is 1. The first-order valence-corrected chi connectivity index (χ1v) is 6.08. The van der Waals surface area contributed by atoms with Crippen LogP contribution in [0, 0.1) is 5.92 Å². The number of carbonyl (C=O) groups excluding carboxylic acids is 1. The van der Waals surface area contributed by atoms with Gasteiger partial charge in [0.25, 0.3) is 5.91 Å². The van der Waals surface area contributed by atoms with E-state index in [1.165, 1.54) is 0 Å². The van der Waals surface area contributed by atoms with Crippen molar-refractivity contribution in [1.82, 2.24) is 5.32 Å². The molecule has 0 fully saturated rings. The Labute approximate surface area is 111 Å². The van der Waals surface area contributed by atoms with E-state index in [1.807, 2.05) is 13.8 Å². The van der Waals surface area contributed by atoms with Crippen LogP contribution >= 0.6 is 23.2 Å². The lowest BCUT2D eigenvalue weighted by Gasteiger charge is -2.19. The van der Waals surface area contributed by atoms with Gasteiger partial charge >= 0.3 is 0 Å². The third kappa shape index (κ3) is 3.60. The van der Waals surface area contributed by atoms with Crippen LogP contribution in [0.5, 0.6) is 0 Å². The van der Waals surface area contributed by atoms with Crippen molar-refractivity contribution in [2.75, 3.05) is 6.61 Å². The molecule has 0 aliphatic heterocycles. The van der Waals surface area contributed by atoms with Crippen molar-refractivity contribution in [3.8, 4) is 0 Å². The van der Waals surface area contributed by atoms with E-state index in [9.17, 15) is 4.79 Å². The van der Waals surface area contributed by atoms with Crippen LogP contribution in [-0.2, 0) is 0 Å². The number of amides is 1. The number of benzene rings is 1. The lowest BCUT2D eigenvalue weighted by Crippen LogP contribution is -2.38. The smallest absolute Gasteiger partial charge is 0.254 e. The third-order valence-electron chi connectivity index (χ3n) is 2.69. The molecule has 5 heteroatoms. The Bertz CT molecular complexity index is 389. The van der Waals surface area contributed by atoms with Gasteiger partial charge in [-0.25, -0.2) is 0 Å². The summed E-state index contributed by atoms with van der Waals surface area (Å²) < 4.78 is 0. The fraction of sp³-hybridized carbons (Fsp3) is 0.417. The van der Waals surface area contributed by atoms with Crippen LogP contribution in [0.1, 0.15) is 24.2 Å². The highest BCUT2D eigenvalue weighted by atomic mass is 35.5. The number of halogens is 2. The zero-order valence-electron chi connectivity index (χ0n) is 9.71. The maximum atomic E-state index is 12.0. The summed E-state index contributed by atoms with van der Waals surface area (Å²) in [5, 5.41) is 12.4. The van der Waals surface area contributed by atoms with Gasteiger partial charge in [-0.1, -0.05) is 36.2 Å². The van der Waals surface area contributed by atoms with Crippen molar-refractivity contribution in [2.24, 2.45) is 5.92 Å². The molecule has 0 spiro atoms. The van der Waals surface area contributed by atoms with Gasteiger partial charge in [0.05, 0.1) is 15.6 Å². The summed E-state index contributed by atoms with van der Waals surface area (Å²) in [6, 6.07) is 4.76. The largest absolute Gasteiger partial charge is 0.396 e. The first-order valence-electron chi connectivity index (χ1n) is 5.33. The van der Waals surface area contributed by atoms with E-state index in [4.69, 9.17) is 28.3 Å². The van der Waals surface area contributed by atoms with Crippen molar-refractivity contribution in [2.45, 2.75) is 19.9 Å². The average Bonchev–Trinajstić information content (AvgIpc) is 2.27. The highest BCUT2D eigenvalue weighted by molar-refractivity contribution is 6.39. The fourth-order valence-electron chi connectivity index (χ4n) is 1.29. The number of rotatable bonds is 4. The number of aliphatic hydroxyl groups is 1. The fourth-order valence-corrected chi connectivity index (χ4v) is 1.86. The van der Waals surface area contributed by atoms with Gasteiger partial charge in [-0.05, 0) is 25.0 Å². The molecule has 1 aromatic rings. The lowest BCUT2D eigenvalue weighted by atomic mass is 10.0. The number of aliphatic hydroxyl groups excluding tert-OH is 1. The Balaban J connectivity index is 2.84. The van der Waals surface area contributed by atoms with Crippen molar-refractivity contribution >= 4 is 29.1 Å². The van der Waals surface area contributed by atoms with Crippen LogP contribution in [0.15, 0.2) is 18.2 Å². The van der Waals surface area contributed by atoms with E-state index < -0.39 is 0 Å². The van der Waals surface area contributed by atoms with E-state index >= 15 is 0 Å². The molecule has 1 rings (SSSR count). The minimum Gasteiger partial charge on any atom is -0.396 e. The molecule has 0 heterocycles. The van der Waals surface area contributed by atoms with Gasteiger partial charge < -0.3 is 10.4 Å². The van der Waals surface area contributed by atoms with Crippen LogP contribution in [-0.4, -0.2) is 23.7 Å². The number of nitrogens with one attached hydrogen (secondary N) is 1. The highest BCUT2D eigenvalue weighted by Gasteiger charge is 2.19. The normalized spacial score (nSPS) is 14.2. The van der Waals surface area contributed by atoms with Crippen LogP contribution in [0.4, 0.5) is 0 Å². The lowest BCUT2D eigenvalue weighted by molar-refractivity contribution is 0.0916. The van der Waals surface area contributed by atoms with Gasteiger partial charge in [0.1, 0.15) is 0 Å². The molecule has 0 aromatic heterocycles. The van der Waals surface area contributed by atoms with Crippen LogP contribution in [0.25, 0.3) is 0 Å². The Morgan fingerprint density at radius 1 is 1.35 bits per heavy atom. The van der Waals surface area contributed by atoms with Gasteiger partial charge in [-0.3, -0.25) is 4.79 Å². The second kappa shape index (κ2) is 6.24. The second-order valence-electron chi connectivity index (χ2n) is 4.02. The van der Waals surface area contributed by atoms with E-state index in [1.54, 1.807) is 18.2 Å². The molecular weight excluding hydrogens is 261 g/mol. The molecule has 0 aliphatic rings. The molecule has 0 bridgehead atoms. The quantitative estimate of drug-likeness (QED) is 0.888. The molecule has 2 N–H and O–H groups in total. The van der Waals surface area contributed by atoms with Crippen molar-refractivity contribution < 1.29 is 9.90 Å². The summed E-state index contributed by atoms with van der Waals surface area (Å²) in [6.45, 7) is 3.68. The van der Waals surface area contributed by atoms with E-state index in [2.05, 4.69) is 5.32 Å². The SMILES string of the molecule is CC(CO)C(C)NC(=O)c1c(Cl)cccc1Cl. The summed E-state index contributed by atoms with van der Waals surface area (Å²) in [4.78, 5) is 12.0. The Morgan fingerprint density at radius 3 is 2.35 bits per heavy atom. The monoisotopic (exact) mass is 275 g/mol. The molecular formula is C12H15Cl2NO2. The molecule has 0 saturated carbocycles. The summed E-state index contributed by atoms with van der Waals surface area (Å²) in [6.07, 6.45) is 0. The van der Waals surface area contributed by atoms with E-state index in [0.29, 0.717) is 10.0 Å². The highest BCUT2D eigenvalue weighted by Crippen LogP contribution is 2.24. The Kier molecular flexibility index (Phi) is 5.25. The van der Waals surface area contributed by atoms with Crippen molar-refractivity contribution in [3.05, 3.63) is 33.8 Å². The summed E-state index contributed by atoms with van der Waals surface area (Å²) in [5.41, 5.74) is 0.271. The topological polar surface area (TPSA) is 49.3 Å².